The summed E-state index contributed by atoms with van der Waals surface area (Å²) in [4.78, 5) is 25.4. The number of carbonyl (C=O) groups is 2. The van der Waals surface area contributed by atoms with Crippen LogP contribution in [0.25, 0.3) is 22.1 Å². The Morgan fingerprint density at radius 1 is 0.447 bits per heavy atom. The van der Waals surface area contributed by atoms with Gasteiger partial charge in [-0.2, -0.15) is 15.8 Å². The third-order valence-corrected chi connectivity index (χ3v) is 18.9. The summed E-state index contributed by atoms with van der Waals surface area (Å²) in [6, 6.07) is 18.5. The Morgan fingerprint density at radius 2 is 0.787 bits per heavy atom. The van der Waals surface area contributed by atoms with Crippen LogP contribution in [0.3, 0.4) is 0 Å². The molecule has 0 aliphatic carbocycles. The van der Waals surface area contributed by atoms with Crippen LogP contribution in [0.15, 0.2) is 53.2 Å². The van der Waals surface area contributed by atoms with Crippen molar-refractivity contribution in [2.75, 3.05) is 26.4 Å². The fraction of sp³-hybridized carbons (Fsp3) is 0.634. The highest BCUT2D eigenvalue weighted by Crippen LogP contribution is 2.39. The topological polar surface area (TPSA) is 147 Å². The van der Waals surface area contributed by atoms with Crippen LogP contribution < -0.4 is 18.9 Å². The van der Waals surface area contributed by atoms with Gasteiger partial charge in [-0.05, 0) is 98.3 Å². The maximum absolute atomic E-state index is 10.3. The first kappa shape index (κ1) is 83.9. The fourth-order valence-corrected chi connectivity index (χ4v) is 12.8. The van der Waals surface area contributed by atoms with Gasteiger partial charge in [-0.3, -0.25) is 9.59 Å². The molecule has 2 aromatic carbocycles. The van der Waals surface area contributed by atoms with Crippen LogP contribution in [0.5, 0.6) is 23.0 Å². The number of unbranched alkanes of at least 4 members (excludes halogenated alkanes) is 36. The van der Waals surface area contributed by atoms with Crippen LogP contribution >= 0.6 is 22.7 Å². The van der Waals surface area contributed by atoms with Gasteiger partial charge in [0.15, 0.2) is 12.6 Å². The molecule has 0 amide bonds. The maximum Gasteiger partial charge on any atom is 0.243 e. The third-order valence-electron chi connectivity index (χ3n) is 17.1. The van der Waals surface area contributed by atoms with Gasteiger partial charge in [0.05, 0.1) is 72.6 Å². The number of nitriles is 3. The molecule has 10 nitrogen and oxygen atoms in total. The van der Waals surface area contributed by atoms with Crippen molar-refractivity contribution >= 4 is 52.5 Å². The van der Waals surface area contributed by atoms with Gasteiger partial charge in [0.1, 0.15) is 23.0 Å². The van der Waals surface area contributed by atoms with E-state index in [1.165, 1.54) is 230 Å². The minimum absolute atomic E-state index is 0.273. The maximum atomic E-state index is 10.3. The Hall–Kier alpha value is -6.18. The van der Waals surface area contributed by atoms with Gasteiger partial charge >= 0.3 is 0 Å². The molecule has 518 valence electrons. The van der Waals surface area contributed by atoms with Crippen molar-refractivity contribution in [3.63, 3.8) is 0 Å². The van der Waals surface area contributed by atoms with E-state index in [1.807, 2.05) is 48.7 Å². The monoisotopic (exact) mass is 1320 g/mol. The largest absolute Gasteiger partial charge is 0.493 e. The third kappa shape index (κ3) is 39.0. The molecule has 0 atom stereocenters. The number of rotatable bonds is 55. The lowest BCUT2D eigenvalue weighted by Gasteiger charge is -2.17. The van der Waals surface area contributed by atoms with Crippen molar-refractivity contribution in [1.82, 2.24) is 0 Å². The predicted octanol–water partition coefficient (Wildman–Crippen LogP) is 25.8. The lowest BCUT2D eigenvalue weighted by molar-refractivity contribution is 0.109. The standard InChI is InChI=1S/C42H62N2O2S.C34H56N2O2.C6H4O2S/c1-5-8-10-12-14-16-18-20-22-24-27-45-40-32-39(37(34-44)30-42-35(4)26-29-47-42)41(31-38(40)36(7-3)33-43)46-28-25-23-21-19-17-15-13-11-9-6-2;1-4-6-8-10-12-14-16-18-20-22-26-37-33-29-32(30-36-3)34(28-31(33)24-25-35)38-27-23-21-19-17-15-13-11-9-7-5-2;7-3-5-1-2-9-6(5)4-8/h7,26,29-32H,5-6,8-25,27-28H2,1-4H3;28-29H,4-24,26-27,30H2,1-2H3;1-4H/b36-7+,37-30+;;. The molecule has 0 aliphatic rings. The van der Waals surface area contributed by atoms with Crippen LogP contribution in [0, 0.1) is 47.5 Å². The lowest BCUT2D eigenvalue weighted by atomic mass is 9.97. The Balaban J connectivity index is 0.000000572. The molecule has 2 heterocycles. The van der Waals surface area contributed by atoms with Gasteiger partial charge in [0.2, 0.25) is 6.54 Å². The molecule has 0 aliphatic heterocycles. The normalized spacial score (nSPS) is 11.1. The van der Waals surface area contributed by atoms with E-state index in [9.17, 15) is 25.4 Å². The minimum Gasteiger partial charge on any atom is -0.493 e. The van der Waals surface area contributed by atoms with E-state index >= 15 is 0 Å². The molecule has 0 saturated heterocycles. The predicted molar refractivity (Wildman–Crippen MR) is 399 cm³/mol. The van der Waals surface area contributed by atoms with Crippen LogP contribution in [0.4, 0.5) is 0 Å². The Morgan fingerprint density at radius 3 is 1.11 bits per heavy atom. The van der Waals surface area contributed by atoms with E-state index in [1.54, 1.807) is 22.8 Å². The van der Waals surface area contributed by atoms with Crippen LogP contribution in [0.2, 0.25) is 0 Å². The van der Waals surface area contributed by atoms with Gasteiger partial charge in [0.25, 0.3) is 0 Å². The van der Waals surface area contributed by atoms with Crippen LogP contribution in [0.1, 0.15) is 344 Å². The summed E-state index contributed by atoms with van der Waals surface area (Å²) in [7, 11) is 0. The summed E-state index contributed by atoms with van der Waals surface area (Å²) in [6.45, 7) is 23.1. The number of hydrogen-bond donors (Lipinski definition) is 0. The quantitative estimate of drug-likeness (QED) is 0.0182. The zero-order valence-electron chi connectivity index (χ0n) is 59.5. The Labute approximate surface area is 580 Å². The molecule has 12 heteroatoms. The average Bonchev–Trinajstić information content (AvgIpc) is 0.832. The molecule has 4 aromatic rings. The lowest BCUT2D eigenvalue weighted by Crippen LogP contribution is -2.05. The molecule has 0 unspecified atom stereocenters. The summed E-state index contributed by atoms with van der Waals surface area (Å²) in [5.41, 5.74) is 5.91. The van der Waals surface area contributed by atoms with Crippen molar-refractivity contribution in [1.29, 1.82) is 15.8 Å². The molecule has 0 spiro atoms. The van der Waals surface area contributed by atoms with Gasteiger partial charge in [0, 0.05) is 27.1 Å². The van der Waals surface area contributed by atoms with Gasteiger partial charge in [-0.15, -0.1) is 22.7 Å². The molecule has 0 saturated carbocycles. The summed E-state index contributed by atoms with van der Waals surface area (Å²) in [5.74, 6) is 2.76. The molecule has 94 heavy (non-hydrogen) atoms. The molecular weight excluding hydrogens is 1200 g/mol. The van der Waals surface area contributed by atoms with E-state index in [2.05, 4.69) is 63.7 Å². The van der Waals surface area contributed by atoms with E-state index in [0.717, 1.165) is 82.7 Å². The minimum atomic E-state index is 0.273. The highest BCUT2D eigenvalue weighted by molar-refractivity contribution is 7.12. The molecule has 4 rings (SSSR count). The second-order valence-corrected chi connectivity index (χ2v) is 27.0. The number of ether oxygens (including phenoxy) is 4. The van der Waals surface area contributed by atoms with Crippen LogP contribution in [-0.4, -0.2) is 39.0 Å². The molecule has 0 N–H and O–H groups in total. The highest BCUT2D eigenvalue weighted by Gasteiger charge is 2.20. The molecule has 0 radical (unpaired) electrons. The smallest absolute Gasteiger partial charge is 0.243 e. The number of allylic oxidation sites excluding steroid dienone is 3. The number of carbonyl (C=O) groups excluding carboxylic acids is 2. The zero-order chi connectivity index (χ0) is 68.2. The van der Waals surface area contributed by atoms with Crippen molar-refractivity contribution in [3.8, 4) is 41.2 Å². The van der Waals surface area contributed by atoms with Crippen molar-refractivity contribution in [2.24, 2.45) is 0 Å². The summed E-state index contributed by atoms with van der Waals surface area (Å²) >= 11 is 2.90. The van der Waals surface area contributed by atoms with E-state index in [4.69, 9.17) is 25.5 Å². The van der Waals surface area contributed by atoms with Crippen LogP contribution in [-0.2, 0) is 13.0 Å². The van der Waals surface area contributed by atoms with Crippen molar-refractivity contribution in [2.45, 2.75) is 311 Å². The number of aryl methyl sites for hydroxylation is 1. The number of aldehydes is 2. The van der Waals surface area contributed by atoms with Crippen molar-refractivity contribution < 1.29 is 28.5 Å². The summed E-state index contributed by atoms with van der Waals surface area (Å²) < 4.78 is 25.0. The van der Waals surface area contributed by atoms with Gasteiger partial charge in [-0.1, -0.05) is 265 Å². The fourth-order valence-electron chi connectivity index (χ4n) is 11.3. The number of nitrogens with zero attached hydrogens (tertiary/aromatic N) is 4. The summed E-state index contributed by atoms with van der Waals surface area (Å²) in [5, 5.41) is 33.4. The van der Waals surface area contributed by atoms with E-state index in [-0.39, 0.29) is 6.54 Å². The second-order valence-electron chi connectivity index (χ2n) is 25.1. The zero-order valence-corrected chi connectivity index (χ0v) is 61.1. The molecule has 2 aromatic heterocycles. The number of hydrogen-bond acceptors (Lipinski definition) is 11. The SMILES string of the molecule is C/C=C(\C#N)c1cc(OCCCCCCCCCCCC)c(/C(C#N)=C/c2sccc2C)cc1OCCCCCCCCCCCC.O=Cc1ccsc1C=O.[C-]#[N+]Cc1cc(OCCCCCCCCCCCC)c(CC#N)cc1OCCCCCCCCCCCC. The summed E-state index contributed by atoms with van der Waals surface area (Å²) in [6.07, 6.45) is 56.6. The Kier molecular flexibility index (Phi) is 53.0. The first-order valence-electron chi connectivity index (χ1n) is 37.0. The van der Waals surface area contributed by atoms with E-state index in [0.29, 0.717) is 78.5 Å². The second kappa shape index (κ2) is 59.3. The van der Waals surface area contributed by atoms with E-state index < -0.39 is 0 Å². The van der Waals surface area contributed by atoms with Crippen molar-refractivity contribution in [3.05, 3.63) is 108 Å². The molecule has 0 fully saturated rings. The molecule has 0 bridgehead atoms. The molecular formula is C82H122N4O6S2. The average molecular weight is 1320 g/mol. The van der Waals surface area contributed by atoms with Gasteiger partial charge < -0.3 is 23.8 Å². The first-order valence-corrected chi connectivity index (χ1v) is 38.8. The first-order chi connectivity index (χ1) is 46.2. The number of benzene rings is 2. The highest BCUT2D eigenvalue weighted by atomic mass is 32.1. The van der Waals surface area contributed by atoms with Gasteiger partial charge in [-0.25, -0.2) is 6.57 Å². The number of thiophene rings is 2. The Bertz CT molecular complexity index is 2730.